The molecule has 0 aromatic heterocycles. The fourth-order valence-electron chi connectivity index (χ4n) is 2.43. The summed E-state index contributed by atoms with van der Waals surface area (Å²) in [5, 5.41) is 11.6. The third kappa shape index (κ3) is 19.3. The highest BCUT2D eigenvalue weighted by molar-refractivity contribution is 5.75. The molecule has 0 rings (SSSR count). The zero-order chi connectivity index (χ0) is 17.2. The van der Waals surface area contributed by atoms with Gasteiger partial charge in [0.05, 0.1) is 13.2 Å². The van der Waals surface area contributed by atoms with E-state index in [-0.39, 0.29) is 12.5 Å². The van der Waals surface area contributed by atoms with Crippen molar-refractivity contribution in [2.75, 3.05) is 47.0 Å². The first-order chi connectivity index (χ1) is 11.2. The van der Waals surface area contributed by atoms with E-state index in [1.807, 2.05) is 14.1 Å². The Hall–Kier alpha value is -0.650. The lowest BCUT2D eigenvalue weighted by molar-refractivity contribution is -0.121. The Morgan fingerprint density at radius 1 is 0.913 bits per heavy atom. The van der Waals surface area contributed by atoms with Crippen LogP contribution >= 0.6 is 0 Å². The van der Waals surface area contributed by atoms with Gasteiger partial charge in [-0.05, 0) is 39.9 Å². The Labute approximate surface area is 142 Å². The minimum Gasteiger partial charge on any atom is -0.394 e. The van der Waals surface area contributed by atoms with Gasteiger partial charge in [0.1, 0.15) is 0 Å². The lowest BCUT2D eigenvalue weighted by Gasteiger charge is -2.09. The van der Waals surface area contributed by atoms with Crippen molar-refractivity contribution in [3.05, 3.63) is 0 Å². The maximum atomic E-state index is 11.6. The van der Waals surface area contributed by atoms with Gasteiger partial charge in [0.15, 0.2) is 0 Å². The first-order valence-corrected chi connectivity index (χ1v) is 9.27. The van der Waals surface area contributed by atoms with Crippen LogP contribution in [0.3, 0.4) is 0 Å². The van der Waals surface area contributed by atoms with Crippen molar-refractivity contribution in [1.82, 2.24) is 10.2 Å². The molecule has 0 radical (unpaired) electrons. The number of amides is 1. The third-order valence-corrected chi connectivity index (χ3v) is 3.78. The molecule has 0 bridgehead atoms. The fourth-order valence-corrected chi connectivity index (χ4v) is 2.43. The third-order valence-electron chi connectivity index (χ3n) is 3.78. The minimum atomic E-state index is 0.119. The van der Waals surface area contributed by atoms with Crippen LogP contribution in [0.4, 0.5) is 0 Å². The van der Waals surface area contributed by atoms with Gasteiger partial charge in [-0.2, -0.15) is 0 Å². The molecule has 23 heavy (non-hydrogen) atoms. The molecule has 0 saturated heterocycles. The van der Waals surface area contributed by atoms with Gasteiger partial charge >= 0.3 is 0 Å². The molecule has 0 aromatic carbocycles. The zero-order valence-electron chi connectivity index (χ0n) is 15.3. The maximum absolute atomic E-state index is 11.6. The first-order valence-electron chi connectivity index (χ1n) is 9.27. The Bertz CT molecular complexity index is 261. The molecule has 0 aromatic rings. The van der Waals surface area contributed by atoms with Crippen LogP contribution in [0.15, 0.2) is 0 Å². The van der Waals surface area contributed by atoms with E-state index < -0.39 is 0 Å². The van der Waals surface area contributed by atoms with E-state index in [2.05, 4.69) is 10.2 Å². The molecule has 0 aliphatic heterocycles. The predicted molar refractivity (Wildman–Crippen MR) is 95.6 cm³/mol. The van der Waals surface area contributed by atoms with E-state index in [0.29, 0.717) is 13.0 Å². The second-order valence-electron chi connectivity index (χ2n) is 6.42. The number of carbonyl (C=O) groups excluding carboxylic acids is 1. The summed E-state index contributed by atoms with van der Waals surface area (Å²) >= 11 is 0. The number of carbonyl (C=O) groups is 1. The van der Waals surface area contributed by atoms with Crippen molar-refractivity contribution in [2.45, 2.75) is 64.2 Å². The molecule has 0 aliphatic carbocycles. The lowest BCUT2D eigenvalue weighted by atomic mass is 10.1. The van der Waals surface area contributed by atoms with Crippen LogP contribution in [0.1, 0.15) is 64.2 Å². The van der Waals surface area contributed by atoms with Gasteiger partial charge in [-0.25, -0.2) is 0 Å². The van der Waals surface area contributed by atoms with E-state index in [9.17, 15) is 4.79 Å². The summed E-state index contributed by atoms with van der Waals surface area (Å²) in [7, 11) is 4.10. The monoisotopic (exact) mass is 330 g/mol. The van der Waals surface area contributed by atoms with Gasteiger partial charge < -0.3 is 20.1 Å². The highest BCUT2D eigenvalue weighted by Gasteiger charge is 2.00. The smallest absolute Gasteiger partial charge is 0.219 e. The van der Waals surface area contributed by atoms with Gasteiger partial charge in [0.2, 0.25) is 5.91 Å². The highest BCUT2D eigenvalue weighted by Crippen LogP contribution is 2.09. The molecule has 0 aliphatic rings. The van der Waals surface area contributed by atoms with Crippen LogP contribution < -0.4 is 5.32 Å². The Morgan fingerprint density at radius 2 is 1.52 bits per heavy atom. The number of aliphatic hydroxyl groups is 1. The SMILES string of the molecule is CN(C)CCCNC(=O)CCCCCCCCCCOCCO. The quantitative estimate of drug-likeness (QED) is 0.402. The number of aliphatic hydroxyl groups excluding tert-OH is 1. The van der Waals surface area contributed by atoms with Crippen molar-refractivity contribution in [2.24, 2.45) is 0 Å². The standard InChI is InChI=1S/C18H38N2O3/c1-20(2)14-11-13-19-18(22)12-9-7-5-3-4-6-8-10-16-23-17-15-21/h21H,3-17H2,1-2H3,(H,19,22). The Balaban J connectivity index is 3.13. The largest absolute Gasteiger partial charge is 0.394 e. The summed E-state index contributed by atoms with van der Waals surface area (Å²) in [4.78, 5) is 13.8. The molecule has 0 heterocycles. The maximum Gasteiger partial charge on any atom is 0.219 e. The van der Waals surface area contributed by atoms with Crippen LogP contribution in [0.5, 0.6) is 0 Å². The summed E-state index contributed by atoms with van der Waals surface area (Å²) in [6, 6.07) is 0. The van der Waals surface area contributed by atoms with Gasteiger partial charge in [-0.15, -0.1) is 0 Å². The number of unbranched alkanes of at least 4 members (excludes halogenated alkanes) is 7. The van der Waals surface area contributed by atoms with E-state index >= 15 is 0 Å². The molecular formula is C18H38N2O3. The van der Waals surface area contributed by atoms with Crippen LogP contribution in [0, 0.1) is 0 Å². The molecule has 0 spiro atoms. The summed E-state index contributed by atoms with van der Waals surface area (Å²) in [5.74, 6) is 0.201. The van der Waals surface area contributed by atoms with Crippen molar-refractivity contribution >= 4 is 5.91 Å². The van der Waals surface area contributed by atoms with Gasteiger partial charge in [-0.1, -0.05) is 38.5 Å². The number of ether oxygens (including phenoxy) is 1. The van der Waals surface area contributed by atoms with Crippen LogP contribution in [0.25, 0.3) is 0 Å². The summed E-state index contributed by atoms with van der Waals surface area (Å²) in [6.45, 7) is 3.16. The first kappa shape index (κ1) is 22.4. The van der Waals surface area contributed by atoms with E-state index in [4.69, 9.17) is 9.84 Å². The average Bonchev–Trinajstić information content (AvgIpc) is 2.52. The molecule has 0 unspecified atom stereocenters. The lowest BCUT2D eigenvalue weighted by Crippen LogP contribution is -2.26. The second-order valence-corrected chi connectivity index (χ2v) is 6.42. The summed E-state index contributed by atoms with van der Waals surface area (Å²) in [5.41, 5.74) is 0. The minimum absolute atomic E-state index is 0.119. The average molecular weight is 331 g/mol. The molecule has 1 amide bonds. The number of nitrogens with one attached hydrogen (secondary N) is 1. The van der Waals surface area contributed by atoms with E-state index in [1.165, 1.54) is 32.1 Å². The molecule has 0 saturated carbocycles. The van der Waals surface area contributed by atoms with E-state index in [0.717, 1.165) is 45.4 Å². The number of hydrogen-bond donors (Lipinski definition) is 2. The predicted octanol–water partition coefficient (Wildman–Crippen LogP) is 2.57. The van der Waals surface area contributed by atoms with Crippen molar-refractivity contribution in [1.29, 1.82) is 0 Å². The highest BCUT2D eigenvalue weighted by atomic mass is 16.5. The van der Waals surface area contributed by atoms with Crippen LogP contribution in [-0.2, 0) is 9.53 Å². The zero-order valence-corrected chi connectivity index (χ0v) is 15.3. The molecule has 0 fully saturated rings. The molecular weight excluding hydrogens is 292 g/mol. The van der Waals surface area contributed by atoms with E-state index in [1.54, 1.807) is 0 Å². The second kappa shape index (κ2) is 17.7. The van der Waals surface area contributed by atoms with Crippen LogP contribution in [0.2, 0.25) is 0 Å². The number of nitrogens with zero attached hydrogens (tertiary/aromatic N) is 1. The number of rotatable bonds is 17. The topological polar surface area (TPSA) is 61.8 Å². The van der Waals surface area contributed by atoms with Crippen molar-refractivity contribution in [3.63, 3.8) is 0 Å². The molecule has 0 atom stereocenters. The van der Waals surface area contributed by atoms with Crippen molar-refractivity contribution in [3.8, 4) is 0 Å². The van der Waals surface area contributed by atoms with Gasteiger partial charge in [-0.3, -0.25) is 4.79 Å². The molecule has 5 nitrogen and oxygen atoms in total. The Kier molecular flexibility index (Phi) is 17.2. The van der Waals surface area contributed by atoms with Crippen molar-refractivity contribution < 1.29 is 14.6 Å². The molecule has 2 N–H and O–H groups in total. The van der Waals surface area contributed by atoms with Gasteiger partial charge in [0, 0.05) is 19.6 Å². The summed E-state index contributed by atoms with van der Waals surface area (Å²) < 4.78 is 5.22. The molecule has 5 heteroatoms. The molecule has 138 valence electrons. The Morgan fingerprint density at radius 3 is 2.13 bits per heavy atom. The summed E-state index contributed by atoms with van der Waals surface area (Å²) in [6.07, 6.45) is 11.2. The fraction of sp³-hybridized carbons (Fsp3) is 0.944. The normalized spacial score (nSPS) is 11.1. The van der Waals surface area contributed by atoms with Crippen LogP contribution in [-0.4, -0.2) is 62.9 Å². The number of hydrogen-bond acceptors (Lipinski definition) is 4. The van der Waals surface area contributed by atoms with Gasteiger partial charge in [0.25, 0.3) is 0 Å².